The predicted octanol–water partition coefficient (Wildman–Crippen LogP) is 0.737. The van der Waals surface area contributed by atoms with E-state index in [4.69, 9.17) is 15.5 Å². The Morgan fingerprint density at radius 1 is 1.46 bits per heavy atom. The molecule has 2 atom stereocenters. The van der Waals surface area contributed by atoms with Crippen molar-refractivity contribution >= 4 is 11.1 Å². The van der Waals surface area contributed by atoms with Gasteiger partial charge in [-0.25, -0.2) is 4.21 Å². The van der Waals surface area contributed by atoms with Crippen LogP contribution in [0.25, 0.3) is 0 Å². The summed E-state index contributed by atoms with van der Waals surface area (Å²) < 4.78 is 19.3. The van der Waals surface area contributed by atoms with Crippen LogP contribution in [0.3, 0.4) is 0 Å². The quantitative estimate of drug-likeness (QED) is 0.683. The fourth-order valence-electron chi connectivity index (χ4n) is 0.864. The lowest BCUT2D eigenvalue weighted by molar-refractivity contribution is 0.551. The average molecular weight is 196 g/mol. The molecule has 68 valence electrons. The summed E-state index contributed by atoms with van der Waals surface area (Å²) in [5.41, 5.74) is 6.44. The minimum atomic E-state index is -2.07. The van der Waals surface area contributed by atoms with E-state index in [2.05, 4.69) is 0 Å². The summed E-state index contributed by atoms with van der Waals surface area (Å²) in [5, 5.41) is 7.58. The average Bonchev–Trinajstić information content (AvgIpc) is 2.17. The van der Waals surface area contributed by atoms with Crippen molar-refractivity contribution in [3.63, 3.8) is 0 Å². The Morgan fingerprint density at radius 3 is 2.38 bits per heavy atom. The molecule has 0 saturated heterocycles. The molecule has 0 amide bonds. The van der Waals surface area contributed by atoms with Crippen molar-refractivity contribution in [1.29, 1.82) is 5.26 Å². The van der Waals surface area contributed by atoms with Gasteiger partial charge in [-0.3, -0.25) is 0 Å². The molecular weight excluding hydrogens is 188 g/mol. The van der Waals surface area contributed by atoms with Crippen LogP contribution in [0.4, 0.5) is 0 Å². The number of benzene rings is 1. The van der Waals surface area contributed by atoms with Gasteiger partial charge in [0.1, 0.15) is 5.37 Å². The summed E-state index contributed by atoms with van der Waals surface area (Å²) in [5.74, 6) is 0. The van der Waals surface area contributed by atoms with E-state index in [9.17, 15) is 4.21 Å². The van der Waals surface area contributed by atoms with E-state index in [1.54, 1.807) is 24.3 Å². The zero-order valence-electron chi connectivity index (χ0n) is 6.68. The molecule has 0 heterocycles. The highest BCUT2D eigenvalue weighted by Gasteiger charge is 2.10. The van der Waals surface area contributed by atoms with Gasteiger partial charge >= 0.3 is 0 Å². The Balaban J connectivity index is 2.93. The molecule has 1 aromatic rings. The van der Waals surface area contributed by atoms with Gasteiger partial charge < -0.3 is 10.3 Å². The van der Waals surface area contributed by atoms with Crippen LogP contribution in [0.15, 0.2) is 24.3 Å². The van der Waals surface area contributed by atoms with Gasteiger partial charge in [0.05, 0.1) is 11.6 Å². The van der Waals surface area contributed by atoms with Crippen molar-refractivity contribution < 1.29 is 8.76 Å². The molecule has 0 aliphatic heterocycles. The van der Waals surface area contributed by atoms with E-state index in [-0.39, 0.29) is 0 Å². The van der Waals surface area contributed by atoms with Gasteiger partial charge in [0, 0.05) is 0 Å². The molecule has 1 rings (SSSR count). The summed E-state index contributed by atoms with van der Waals surface area (Å²) in [7, 11) is 0. The SMILES string of the molecule is N#Cc1ccc(C(N)S(=O)O)cc1. The van der Waals surface area contributed by atoms with E-state index in [1.165, 1.54) is 0 Å². The monoisotopic (exact) mass is 196 g/mol. The Hall–Kier alpha value is -1.22. The molecule has 5 heteroatoms. The number of nitrogens with zero attached hydrogens (tertiary/aromatic N) is 1. The van der Waals surface area contributed by atoms with Crippen LogP contribution in [-0.2, 0) is 11.1 Å². The van der Waals surface area contributed by atoms with Gasteiger partial charge in [-0.1, -0.05) is 12.1 Å². The minimum absolute atomic E-state index is 0.500. The number of hydrogen-bond donors (Lipinski definition) is 2. The molecule has 0 bridgehead atoms. The number of hydrogen-bond acceptors (Lipinski definition) is 3. The minimum Gasteiger partial charge on any atom is -0.312 e. The Morgan fingerprint density at radius 2 is 2.00 bits per heavy atom. The number of nitrogens with two attached hydrogens (primary N) is 1. The molecule has 3 N–H and O–H groups in total. The molecule has 0 saturated carbocycles. The maximum Gasteiger partial charge on any atom is 0.175 e. The third kappa shape index (κ3) is 2.36. The third-order valence-electron chi connectivity index (χ3n) is 1.59. The second-order valence-corrected chi connectivity index (χ2v) is 3.49. The van der Waals surface area contributed by atoms with Crippen molar-refractivity contribution in [2.75, 3.05) is 0 Å². The lowest BCUT2D eigenvalue weighted by atomic mass is 10.1. The van der Waals surface area contributed by atoms with Crippen LogP contribution >= 0.6 is 0 Å². The molecule has 1 aromatic carbocycles. The first kappa shape index (κ1) is 9.86. The zero-order chi connectivity index (χ0) is 9.84. The maximum atomic E-state index is 10.6. The van der Waals surface area contributed by atoms with Gasteiger partial charge in [0.2, 0.25) is 0 Å². The summed E-state index contributed by atoms with van der Waals surface area (Å²) in [6.07, 6.45) is 0. The number of nitriles is 1. The second kappa shape index (κ2) is 4.14. The van der Waals surface area contributed by atoms with Gasteiger partial charge in [-0.15, -0.1) is 0 Å². The molecule has 13 heavy (non-hydrogen) atoms. The molecular formula is C8H8N2O2S. The van der Waals surface area contributed by atoms with E-state index >= 15 is 0 Å². The highest BCUT2D eigenvalue weighted by Crippen LogP contribution is 2.13. The molecule has 4 nitrogen and oxygen atoms in total. The van der Waals surface area contributed by atoms with Crippen LogP contribution in [0.1, 0.15) is 16.5 Å². The molecule has 0 aromatic heterocycles. The smallest absolute Gasteiger partial charge is 0.175 e. The molecule has 0 fully saturated rings. The molecule has 2 unspecified atom stereocenters. The van der Waals surface area contributed by atoms with Gasteiger partial charge in [0.25, 0.3) is 0 Å². The van der Waals surface area contributed by atoms with Crippen LogP contribution in [0.2, 0.25) is 0 Å². The molecule has 0 aliphatic rings. The lowest BCUT2D eigenvalue weighted by Crippen LogP contribution is -2.15. The predicted molar refractivity (Wildman–Crippen MR) is 48.9 cm³/mol. The van der Waals surface area contributed by atoms with E-state index in [0.717, 1.165) is 0 Å². The van der Waals surface area contributed by atoms with Crippen molar-refractivity contribution in [3.05, 3.63) is 35.4 Å². The largest absolute Gasteiger partial charge is 0.312 e. The molecule has 0 radical (unpaired) electrons. The standard InChI is InChI=1S/C8H8N2O2S/c9-5-6-1-3-7(4-2-6)8(10)13(11)12/h1-4,8H,10H2,(H,11,12). The summed E-state index contributed by atoms with van der Waals surface area (Å²) in [6, 6.07) is 8.19. The Labute approximate surface area is 78.3 Å². The Kier molecular flexibility index (Phi) is 3.14. The van der Waals surface area contributed by atoms with Crippen molar-refractivity contribution in [1.82, 2.24) is 0 Å². The summed E-state index contributed by atoms with van der Waals surface area (Å²) in [4.78, 5) is 0. The van der Waals surface area contributed by atoms with Crippen LogP contribution in [0.5, 0.6) is 0 Å². The van der Waals surface area contributed by atoms with E-state index in [0.29, 0.717) is 11.1 Å². The summed E-state index contributed by atoms with van der Waals surface area (Å²) in [6.45, 7) is 0. The highest BCUT2D eigenvalue weighted by molar-refractivity contribution is 7.79. The topological polar surface area (TPSA) is 87.1 Å². The lowest BCUT2D eigenvalue weighted by Gasteiger charge is -2.06. The van der Waals surface area contributed by atoms with Crippen molar-refractivity contribution in [2.24, 2.45) is 5.73 Å². The van der Waals surface area contributed by atoms with Crippen LogP contribution in [-0.4, -0.2) is 8.76 Å². The van der Waals surface area contributed by atoms with Gasteiger partial charge in [0.15, 0.2) is 11.1 Å². The normalized spacial score (nSPS) is 14.5. The maximum absolute atomic E-state index is 10.6. The Bertz CT molecular complexity index is 355. The summed E-state index contributed by atoms with van der Waals surface area (Å²) >= 11 is -2.07. The van der Waals surface area contributed by atoms with Crippen molar-refractivity contribution in [2.45, 2.75) is 5.37 Å². The highest BCUT2D eigenvalue weighted by atomic mass is 32.2. The van der Waals surface area contributed by atoms with Gasteiger partial charge in [-0.05, 0) is 17.7 Å². The van der Waals surface area contributed by atoms with Crippen LogP contribution in [0, 0.1) is 11.3 Å². The first-order chi connectivity index (χ1) is 6.15. The van der Waals surface area contributed by atoms with E-state index in [1.807, 2.05) is 6.07 Å². The fraction of sp³-hybridized carbons (Fsp3) is 0.125. The van der Waals surface area contributed by atoms with Crippen molar-refractivity contribution in [3.8, 4) is 6.07 Å². The van der Waals surface area contributed by atoms with E-state index < -0.39 is 16.5 Å². The fourth-order valence-corrected chi connectivity index (χ4v) is 1.25. The first-order valence-corrected chi connectivity index (χ1v) is 4.67. The first-order valence-electron chi connectivity index (χ1n) is 3.50. The molecule has 0 aliphatic carbocycles. The second-order valence-electron chi connectivity index (χ2n) is 2.43. The third-order valence-corrected chi connectivity index (χ3v) is 2.29. The number of rotatable bonds is 2. The van der Waals surface area contributed by atoms with Gasteiger partial charge in [-0.2, -0.15) is 5.26 Å². The van der Waals surface area contributed by atoms with Crippen LogP contribution < -0.4 is 5.73 Å². The molecule has 0 spiro atoms. The zero-order valence-corrected chi connectivity index (χ0v) is 7.49.